The Hall–Kier alpha value is -1.25. The summed E-state index contributed by atoms with van der Waals surface area (Å²) < 4.78 is 5.37. The van der Waals surface area contributed by atoms with Crippen LogP contribution in [0.1, 0.15) is 0 Å². The van der Waals surface area contributed by atoms with Gasteiger partial charge in [0.2, 0.25) is 5.91 Å². The van der Waals surface area contributed by atoms with E-state index in [0.29, 0.717) is 31.3 Å². The Balaban J connectivity index is 0.00000182. The SMILES string of the molecule is Cl.Cl.O=C(NCC(=O)N1CCN(c2cccc(Cl)c2)CC1)C1CNCCO1. The number of amides is 2. The Labute approximate surface area is 176 Å². The molecule has 2 saturated heterocycles. The number of piperazine rings is 1. The molecule has 1 atom stereocenters. The Bertz CT molecular complexity index is 621. The van der Waals surface area contributed by atoms with E-state index in [4.69, 9.17) is 16.3 Å². The second-order valence-corrected chi connectivity index (χ2v) is 6.57. The minimum absolute atomic E-state index is 0. The molecule has 0 bridgehead atoms. The highest BCUT2D eigenvalue weighted by molar-refractivity contribution is 6.30. The van der Waals surface area contributed by atoms with E-state index in [9.17, 15) is 9.59 Å². The quantitative estimate of drug-likeness (QED) is 0.730. The van der Waals surface area contributed by atoms with Crippen LogP contribution in [0.5, 0.6) is 0 Å². The molecule has 0 aromatic heterocycles. The maximum Gasteiger partial charge on any atom is 0.250 e. The van der Waals surface area contributed by atoms with Crippen LogP contribution in [0.15, 0.2) is 24.3 Å². The van der Waals surface area contributed by atoms with E-state index in [1.165, 1.54) is 0 Å². The average molecular weight is 440 g/mol. The summed E-state index contributed by atoms with van der Waals surface area (Å²) in [6, 6.07) is 7.71. The summed E-state index contributed by atoms with van der Waals surface area (Å²) >= 11 is 6.03. The number of nitrogens with one attached hydrogen (secondary N) is 2. The van der Waals surface area contributed by atoms with Crippen molar-refractivity contribution in [2.75, 3.05) is 57.3 Å². The van der Waals surface area contributed by atoms with Crippen molar-refractivity contribution in [1.29, 1.82) is 0 Å². The molecule has 0 saturated carbocycles. The second kappa shape index (κ2) is 11.6. The Morgan fingerprint density at radius 1 is 1.22 bits per heavy atom. The summed E-state index contributed by atoms with van der Waals surface area (Å²) in [7, 11) is 0. The van der Waals surface area contributed by atoms with Crippen molar-refractivity contribution in [1.82, 2.24) is 15.5 Å². The molecule has 1 unspecified atom stereocenters. The smallest absolute Gasteiger partial charge is 0.250 e. The van der Waals surface area contributed by atoms with Gasteiger partial charge in [0.25, 0.3) is 5.91 Å². The van der Waals surface area contributed by atoms with Gasteiger partial charge in [-0.2, -0.15) is 0 Å². The normalized spacial score (nSPS) is 19.5. The van der Waals surface area contributed by atoms with Gasteiger partial charge in [-0.1, -0.05) is 17.7 Å². The molecular formula is C17H25Cl3N4O3. The summed E-state index contributed by atoms with van der Waals surface area (Å²) in [5, 5.41) is 6.48. The molecule has 152 valence electrons. The molecule has 3 rings (SSSR count). The topological polar surface area (TPSA) is 73.9 Å². The molecule has 0 aliphatic carbocycles. The van der Waals surface area contributed by atoms with E-state index in [1.54, 1.807) is 4.90 Å². The average Bonchev–Trinajstić information content (AvgIpc) is 2.66. The number of hydrogen-bond donors (Lipinski definition) is 2. The van der Waals surface area contributed by atoms with Gasteiger partial charge >= 0.3 is 0 Å². The lowest BCUT2D eigenvalue weighted by Gasteiger charge is -2.36. The number of carbonyl (C=O) groups is 2. The van der Waals surface area contributed by atoms with E-state index in [1.807, 2.05) is 24.3 Å². The van der Waals surface area contributed by atoms with Crippen LogP contribution in [-0.2, 0) is 14.3 Å². The van der Waals surface area contributed by atoms with E-state index in [0.717, 1.165) is 25.3 Å². The number of nitrogens with zero attached hydrogens (tertiary/aromatic N) is 2. The molecule has 0 radical (unpaired) electrons. The van der Waals surface area contributed by atoms with Gasteiger partial charge in [0, 0.05) is 50.0 Å². The second-order valence-electron chi connectivity index (χ2n) is 6.13. The molecule has 0 spiro atoms. The van der Waals surface area contributed by atoms with E-state index < -0.39 is 6.10 Å². The number of benzene rings is 1. The molecule has 2 amide bonds. The number of morpholine rings is 1. The Kier molecular flexibility index (Phi) is 10.2. The summed E-state index contributed by atoms with van der Waals surface area (Å²) in [4.78, 5) is 28.3. The first-order valence-corrected chi connectivity index (χ1v) is 8.89. The largest absolute Gasteiger partial charge is 0.368 e. The van der Waals surface area contributed by atoms with Crippen LogP contribution in [0.25, 0.3) is 0 Å². The summed E-state index contributed by atoms with van der Waals surface area (Å²) in [6.45, 7) is 4.50. The predicted molar refractivity (Wildman–Crippen MR) is 110 cm³/mol. The van der Waals surface area contributed by atoms with Crippen LogP contribution >= 0.6 is 36.4 Å². The first kappa shape index (κ1) is 23.8. The van der Waals surface area contributed by atoms with Gasteiger partial charge in [0.15, 0.2) is 0 Å². The van der Waals surface area contributed by atoms with Crippen LogP contribution in [0.2, 0.25) is 5.02 Å². The number of hydrogen-bond acceptors (Lipinski definition) is 5. The fourth-order valence-electron chi connectivity index (χ4n) is 3.01. The summed E-state index contributed by atoms with van der Waals surface area (Å²) in [5.41, 5.74) is 1.06. The zero-order valence-electron chi connectivity index (χ0n) is 14.9. The molecule has 2 fully saturated rings. The first-order valence-electron chi connectivity index (χ1n) is 8.52. The van der Waals surface area contributed by atoms with Crippen molar-refractivity contribution in [3.63, 3.8) is 0 Å². The summed E-state index contributed by atoms with van der Waals surface area (Å²) in [5.74, 6) is -0.305. The highest BCUT2D eigenvalue weighted by Gasteiger charge is 2.25. The highest BCUT2D eigenvalue weighted by atomic mass is 35.5. The minimum Gasteiger partial charge on any atom is -0.368 e. The number of rotatable bonds is 4. The van der Waals surface area contributed by atoms with E-state index in [2.05, 4.69) is 15.5 Å². The molecule has 2 aliphatic heterocycles. The van der Waals surface area contributed by atoms with Crippen molar-refractivity contribution in [3.8, 4) is 0 Å². The first-order chi connectivity index (χ1) is 12.1. The number of ether oxygens (including phenoxy) is 1. The third-order valence-corrected chi connectivity index (χ3v) is 4.67. The van der Waals surface area contributed by atoms with Crippen LogP contribution in [0, 0.1) is 0 Å². The fraction of sp³-hybridized carbons (Fsp3) is 0.529. The molecule has 27 heavy (non-hydrogen) atoms. The van der Waals surface area contributed by atoms with Crippen molar-refractivity contribution in [3.05, 3.63) is 29.3 Å². The standard InChI is InChI=1S/C17H23ClN4O3.2ClH/c18-13-2-1-3-14(10-13)21-5-7-22(8-6-21)16(23)12-20-17(24)15-11-19-4-9-25-15;;/h1-3,10,15,19H,4-9,11-12H2,(H,20,24);2*1H. The lowest BCUT2D eigenvalue weighted by Crippen LogP contribution is -2.53. The molecule has 2 aliphatic rings. The predicted octanol–water partition coefficient (Wildman–Crippen LogP) is 0.937. The van der Waals surface area contributed by atoms with Crippen molar-refractivity contribution in [2.24, 2.45) is 0 Å². The third kappa shape index (κ3) is 6.69. The third-order valence-electron chi connectivity index (χ3n) is 4.44. The maximum absolute atomic E-state index is 12.3. The highest BCUT2D eigenvalue weighted by Crippen LogP contribution is 2.20. The van der Waals surface area contributed by atoms with Crippen LogP contribution in [0.3, 0.4) is 0 Å². The van der Waals surface area contributed by atoms with Gasteiger partial charge in [-0.3, -0.25) is 9.59 Å². The monoisotopic (exact) mass is 438 g/mol. The van der Waals surface area contributed by atoms with Gasteiger partial charge in [-0.25, -0.2) is 0 Å². The van der Waals surface area contributed by atoms with Crippen molar-refractivity contribution in [2.45, 2.75) is 6.10 Å². The molecule has 10 heteroatoms. The van der Waals surface area contributed by atoms with Crippen LogP contribution in [-0.4, -0.2) is 75.2 Å². The van der Waals surface area contributed by atoms with Crippen LogP contribution < -0.4 is 15.5 Å². The molecule has 1 aromatic carbocycles. The number of halogens is 3. The lowest BCUT2D eigenvalue weighted by atomic mass is 10.2. The number of carbonyl (C=O) groups excluding carboxylic acids is 2. The molecule has 2 heterocycles. The van der Waals surface area contributed by atoms with Gasteiger partial charge < -0.3 is 25.2 Å². The molecular weight excluding hydrogens is 415 g/mol. The molecule has 7 nitrogen and oxygen atoms in total. The van der Waals surface area contributed by atoms with Gasteiger partial charge in [0.1, 0.15) is 6.10 Å². The van der Waals surface area contributed by atoms with Crippen molar-refractivity contribution >= 4 is 53.9 Å². The van der Waals surface area contributed by atoms with Gasteiger partial charge in [0.05, 0.1) is 13.2 Å². The minimum atomic E-state index is -0.513. The Morgan fingerprint density at radius 3 is 2.59 bits per heavy atom. The zero-order chi connectivity index (χ0) is 17.6. The van der Waals surface area contributed by atoms with Crippen molar-refractivity contribution < 1.29 is 14.3 Å². The maximum atomic E-state index is 12.3. The lowest BCUT2D eigenvalue weighted by molar-refractivity contribution is -0.138. The Morgan fingerprint density at radius 2 is 1.96 bits per heavy atom. The molecule has 1 aromatic rings. The van der Waals surface area contributed by atoms with Crippen LogP contribution in [0.4, 0.5) is 5.69 Å². The zero-order valence-corrected chi connectivity index (χ0v) is 17.2. The summed E-state index contributed by atoms with van der Waals surface area (Å²) in [6.07, 6.45) is -0.513. The van der Waals surface area contributed by atoms with E-state index >= 15 is 0 Å². The molecule has 2 N–H and O–H groups in total. The number of anilines is 1. The fourth-order valence-corrected chi connectivity index (χ4v) is 3.19. The van der Waals surface area contributed by atoms with Gasteiger partial charge in [-0.15, -0.1) is 24.8 Å². The van der Waals surface area contributed by atoms with Gasteiger partial charge in [-0.05, 0) is 18.2 Å². The van der Waals surface area contributed by atoms with E-state index in [-0.39, 0.29) is 43.2 Å².